The number of likely N-dealkylation sites (tertiary alicyclic amines) is 1. The SMILES string of the molecule is CN(C)CCn1ccnc1C1CCCN(C(=O)c2n[nH]c3c2CCCC3)C1. The summed E-state index contributed by atoms with van der Waals surface area (Å²) in [7, 11) is 4.17. The van der Waals surface area contributed by atoms with Crippen LogP contribution in [0.25, 0.3) is 0 Å². The minimum absolute atomic E-state index is 0.0884. The molecule has 1 fully saturated rings. The van der Waals surface area contributed by atoms with Crippen LogP contribution in [0.1, 0.15) is 59.2 Å². The number of rotatable bonds is 5. The number of aromatic nitrogens is 4. The van der Waals surface area contributed by atoms with Gasteiger partial charge in [0.25, 0.3) is 5.91 Å². The van der Waals surface area contributed by atoms with Crippen molar-refractivity contribution in [3.63, 3.8) is 0 Å². The number of carbonyl (C=O) groups excluding carboxylic acids is 1. The first-order chi connectivity index (χ1) is 13.1. The standard InChI is InChI=1S/C20H30N6O/c1-24(2)12-13-25-11-9-21-19(25)15-6-5-10-26(14-15)20(27)18-16-7-3-4-8-17(16)22-23-18/h9,11,15H,3-8,10,12-14H2,1-2H3,(H,22,23). The van der Waals surface area contributed by atoms with E-state index in [0.717, 1.165) is 75.4 Å². The highest BCUT2D eigenvalue weighted by atomic mass is 16.2. The molecule has 146 valence electrons. The lowest BCUT2D eigenvalue weighted by Crippen LogP contribution is -2.40. The molecule has 0 radical (unpaired) electrons. The van der Waals surface area contributed by atoms with Crippen LogP contribution in [-0.4, -0.2) is 69.2 Å². The summed E-state index contributed by atoms with van der Waals surface area (Å²) in [5.41, 5.74) is 2.97. The zero-order valence-electron chi connectivity index (χ0n) is 16.4. The second-order valence-electron chi connectivity index (χ2n) is 8.11. The minimum Gasteiger partial charge on any atom is -0.337 e. The molecule has 3 heterocycles. The number of fused-ring (bicyclic) bond motifs is 1. The van der Waals surface area contributed by atoms with Gasteiger partial charge < -0.3 is 14.4 Å². The van der Waals surface area contributed by atoms with Crippen molar-refractivity contribution >= 4 is 5.91 Å². The average Bonchev–Trinajstić information content (AvgIpc) is 3.33. The molecule has 1 N–H and O–H groups in total. The number of piperidine rings is 1. The molecule has 1 saturated heterocycles. The summed E-state index contributed by atoms with van der Waals surface area (Å²) in [6, 6.07) is 0. The fourth-order valence-electron chi connectivity index (χ4n) is 4.36. The molecule has 1 unspecified atom stereocenters. The van der Waals surface area contributed by atoms with E-state index in [0.29, 0.717) is 11.6 Å². The van der Waals surface area contributed by atoms with Gasteiger partial charge in [0.1, 0.15) is 5.82 Å². The molecule has 1 atom stereocenters. The summed E-state index contributed by atoms with van der Waals surface area (Å²) < 4.78 is 2.25. The molecule has 4 rings (SSSR count). The number of H-pyrrole nitrogens is 1. The molecule has 1 amide bonds. The van der Waals surface area contributed by atoms with Gasteiger partial charge in [-0.2, -0.15) is 5.10 Å². The quantitative estimate of drug-likeness (QED) is 0.875. The Balaban J connectivity index is 1.48. The predicted molar refractivity (Wildman–Crippen MR) is 104 cm³/mol. The molecule has 1 aliphatic heterocycles. The highest BCUT2D eigenvalue weighted by molar-refractivity contribution is 5.94. The number of amides is 1. The Morgan fingerprint density at radius 1 is 1.30 bits per heavy atom. The van der Waals surface area contributed by atoms with Crippen LogP contribution >= 0.6 is 0 Å². The number of carbonyl (C=O) groups is 1. The van der Waals surface area contributed by atoms with E-state index in [1.807, 2.05) is 11.1 Å². The van der Waals surface area contributed by atoms with Crippen LogP contribution in [0.2, 0.25) is 0 Å². The Hall–Kier alpha value is -2.15. The van der Waals surface area contributed by atoms with Gasteiger partial charge in [-0.15, -0.1) is 0 Å². The van der Waals surface area contributed by atoms with Crippen molar-refractivity contribution in [2.75, 3.05) is 33.7 Å². The van der Waals surface area contributed by atoms with Gasteiger partial charge in [0, 0.05) is 55.7 Å². The number of nitrogens with one attached hydrogen (secondary N) is 1. The lowest BCUT2D eigenvalue weighted by molar-refractivity contribution is 0.0696. The monoisotopic (exact) mass is 370 g/mol. The van der Waals surface area contributed by atoms with Crippen molar-refractivity contribution in [2.45, 2.75) is 51.0 Å². The zero-order valence-corrected chi connectivity index (χ0v) is 16.4. The highest BCUT2D eigenvalue weighted by Gasteiger charge is 2.31. The van der Waals surface area contributed by atoms with Gasteiger partial charge in [-0.3, -0.25) is 9.89 Å². The highest BCUT2D eigenvalue weighted by Crippen LogP contribution is 2.28. The van der Waals surface area contributed by atoms with Crippen molar-refractivity contribution in [1.82, 2.24) is 29.5 Å². The van der Waals surface area contributed by atoms with Crippen molar-refractivity contribution in [3.8, 4) is 0 Å². The average molecular weight is 371 g/mol. The molecule has 2 aromatic rings. The van der Waals surface area contributed by atoms with E-state index in [2.05, 4.69) is 44.9 Å². The summed E-state index contributed by atoms with van der Waals surface area (Å²) in [6.45, 7) is 3.46. The van der Waals surface area contributed by atoms with Crippen molar-refractivity contribution in [1.29, 1.82) is 0 Å². The number of aryl methyl sites for hydroxylation is 1. The van der Waals surface area contributed by atoms with E-state index in [9.17, 15) is 4.79 Å². The number of aromatic amines is 1. The Labute approximate surface area is 160 Å². The van der Waals surface area contributed by atoms with Crippen LogP contribution < -0.4 is 0 Å². The van der Waals surface area contributed by atoms with E-state index >= 15 is 0 Å². The lowest BCUT2D eigenvalue weighted by atomic mass is 9.94. The van der Waals surface area contributed by atoms with Gasteiger partial charge in [0.05, 0.1) is 0 Å². The number of hydrogen-bond donors (Lipinski definition) is 1. The molecule has 0 bridgehead atoms. The van der Waals surface area contributed by atoms with Crippen LogP contribution in [0.3, 0.4) is 0 Å². The fraction of sp³-hybridized carbons (Fsp3) is 0.650. The normalized spacial score (nSPS) is 20.1. The molecular formula is C20H30N6O. The number of imidazole rings is 1. The fourth-order valence-corrected chi connectivity index (χ4v) is 4.36. The number of nitrogens with zero attached hydrogens (tertiary/aromatic N) is 5. The van der Waals surface area contributed by atoms with E-state index in [-0.39, 0.29) is 5.91 Å². The molecule has 0 spiro atoms. The molecule has 27 heavy (non-hydrogen) atoms. The Morgan fingerprint density at radius 3 is 3.00 bits per heavy atom. The van der Waals surface area contributed by atoms with E-state index in [1.54, 1.807) is 0 Å². The first-order valence-electron chi connectivity index (χ1n) is 10.1. The van der Waals surface area contributed by atoms with E-state index in [4.69, 9.17) is 0 Å². The van der Waals surface area contributed by atoms with Crippen LogP contribution in [-0.2, 0) is 19.4 Å². The number of likely N-dealkylation sites (N-methyl/N-ethyl adjacent to an activating group) is 1. The summed E-state index contributed by atoms with van der Waals surface area (Å²) in [5.74, 6) is 1.50. The van der Waals surface area contributed by atoms with Crippen molar-refractivity contribution in [2.24, 2.45) is 0 Å². The molecule has 0 aromatic carbocycles. The smallest absolute Gasteiger partial charge is 0.274 e. The van der Waals surface area contributed by atoms with Crippen LogP contribution in [0.15, 0.2) is 12.4 Å². The molecule has 1 aliphatic carbocycles. The van der Waals surface area contributed by atoms with Gasteiger partial charge in [0.15, 0.2) is 5.69 Å². The second kappa shape index (κ2) is 7.84. The van der Waals surface area contributed by atoms with E-state index < -0.39 is 0 Å². The lowest BCUT2D eigenvalue weighted by Gasteiger charge is -2.32. The second-order valence-corrected chi connectivity index (χ2v) is 8.11. The molecule has 0 saturated carbocycles. The van der Waals surface area contributed by atoms with Gasteiger partial charge in [0.2, 0.25) is 0 Å². The molecule has 2 aromatic heterocycles. The van der Waals surface area contributed by atoms with Crippen LogP contribution in [0.5, 0.6) is 0 Å². The third-order valence-corrected chi connectivity index (χ3v) is 5.87. The molecule has 2 aliphatic rings. The van der Waals surface area contributed by atoms with Crippen LogP contribution in [0.4, 0.5) is 0 Å². The maximum absolute atomic E-state index is 13.2. The molecule has 7 heteroatoms. The van der Waals surface area contributed by atoms with Crippen LogP contribution in [0, 0.1) is 0 Å². The summed E-state index contributed by atoms with van der Waals surface area (Å²) in [6.07, 6.45) is 10.4. The third kappa shape index (κ3) is 3.78. The number of hydrogen-bond acceptors (Lipinski definition) is 4. The Morgan fingerprint density at radius 2 is 2.15 bits per heavy atom. The maximum atomic E-state index is 13.2. The maximum Gasteiger partial charge on any atom is 0.274 e. The minimum atomic E-state index is 0.0884. The van der Waals surface area contributed by atoms with Gasteiger partial charge in [-0.25, -0.2) is 4.98 Å². The van der Waals surface area contributed by atoms with Crippen molar-refractivity contribution < 1.29 is 4.79 Å². The predicted octanol–water partition coefficient (Wildman–Crippen LogP) is 2.07. The zero-order chi connectivity index (χ0) is 18.8. The van der Waals surface area contributed by atoms with Gasteiger partial charge in [-0.05, 0) is 52.6 Å². The third-order valence-electron chi connectivity index (χ3n) is 5.87. The van der Waals surface area contributed by atoms with E-state index in [1.165, 1.54) is 6.42 Å². The first-order valence-corrected chi connectivity index (χ1v) is 10.1. The molecular weight excluding hydrogens is 340 g/mol. The molecule has 7 nitrogen and oxygen atoms in total. The van der Waals surface area contributed by atoms with Gasteiger partial charge in [-0.1, -0.05) is 0 Å². The Bertz CT molecular complexity index is 792. The summed E-state index contributed by atoms with van der Waals surface area (Å²) in [5, 5.41) is 7.49. The summed E-state index contributed by atoms with van der Waals surface area (Å²) >= 11 is 0. The first kappa shape index (κ1) is 18.2. The Kier molecular flexibility index (Phi) is 5.29. The summed E-state index contributed by atoms with van der Waals surface area (Å²) in [4.78, 5) is 22.0. The van der Waals surface area contributed by atoms with Crippen molar-refractivity contribution in [3.05, 3.63) is 35.2 Å². The topological polar surface area (TPSA) is 70.1 Å². The largest absolute Gasteiger partial charge is 0.337 e. The van der Waals surface area contributed by atoms with Gasteiger partial charge >= 0.3 is 0 Å².